The van der Waals surface area contributed by atoms with Crippen molar-refractivity contribution in [2.75, 3.05) is 31.1 Å². The Morgan fingerprint density at radius 3 is 2.36 bits per heavy atom. The van der Waals surface area contributed by atoms with Crippen molar-refractivity contribution in [1.29, 1.82) is 0 Å². The van der Waals surface area contributed by atoms with Crippen molar-refractivity contribution in [2.24, 2.45) is 0 Å². The maximum absolute atomic E-state index is 12.4. The van der Waals surface area contributed by atoms with Gasteiger partial charge in [0, 0.05) is 13.1 Å². The van der Waals surface area contributed by atoms with Gasteiger partial charge in [0.2, 0.25) is 0 Å². The van der Waals surface area contributed by atoms with Crippen LogP contribution in [0.3, 0.4) is 0 Å². The van der Waals surface area contributed by atoms with E-state index < -0.39 is 0 Å². The Morgan fingerprint density at radius 1 is 1.23 bits per heavy atom. The molecule has 22 heavy (non-hydrogen) atoms. The minimum Gasteiger partial charge on any atom is -0.349 e. The van der Waals surface area contributed by atoms with Gasteiger partial charge >= 0.3 is 0 Å². The van der Waals surface area contributed by atoms with Crippen LogP contribution in [0.2, 0.25) is 0 Å². The number of thiazole rings is 1. The zero-order chi connectivity index (χ0) is 16.1. The normalized spacial score (nSPS) is 10.2. The molecule has 0 saturated heterocycles. The van der Waals surface area contributed by atoms with E-state index in [-0.39, 0.29) is 19.0 Å². The number of hydrogen-bond donors (Lipinski definition) is 0. The molecular formula is C16H17N3OS2. The van der Waals surface area contributed by atoms with E-state index in [2.05, 4.69) is 35.6 Å². The van der Waals surface area contributed by atoms with Gasteiger partial charge in [0.15, 0.2) is 5.13 Å². The van der Waals surface area contributed by atoms with Crippen LogP contribution in [0.4, 0.5) is 5.13 Å². The molecule has 0 radical (unpaired) electrons. The van der Waals surface area contributed by atoms with E-state index in [0.717, 1.165) is 27.8 Å². The van der Waals surface area contributed by atoms with Crippen LogP contribution < -0.4 is 4.90 Å². The number of amides is 1. The molecule has 0 fully saturated rings. The Kier molecular flexibility index (Phi) is 5.43. The molecule has 114 valence electrons. The molecule has 1 amide bonds. The molecular weight excluding hydrogens is 314 g/mol. The van der Waals surface area contributed by atoms with Crippen molar-refractivity contribution in [3.05, 3.63) is 10.9 Å². The third-order valence-electron chi connectivity index (χ3n) is 3.17. The number of carbonyl (C=O) groups excluding carboxylic acids is 1. The summed E-state index contributed by atoms with van der Waals surface area (Å²) in [6.45, 7) is 6.47. The number of terminal acetylenes is 2. The Labute approximate surface area is 138 Å². The van der Waals surface area contributed by atoms with Gasteiger partial charge < -0.3 is 9.80 Å². The molecule has 0 aliphatic rings. The molecule has 6 heteroatoms. The molecule has 0 unspecified atom stereocenters. The van der Waals surface area contributed by atoms with E-state index in [0.29, 0.717) is 4.88 Å². The van der Waals surface area contributed by atoms with Crippen LogP contribution in [-0.4, -0.2) is 42.0 Å². The van der Waals surface area contributed by atoms with Crippen LogP contribution in [0.25, 0.3) is 9.53 Å². The monoisotopic (exact) mass is 331 g/mol. The average molecular weight is 331 g/mol. The topological polar surface area (TPSA) is 36.4 Å². The van der Waals surface area contributed by atoms with Gasteiger partial charge in [-0.25, -0.2) is 4.98 Å². The van der Waals surface area contributed by atoms with E-state index >= 15 is 0 Å². The SMILES string of the molecule is C#CCN(CC#C)C(=O)c1cc2sc(N(CC)CC)nc2s1. The molecule has 2 heterocycles. The maximum atomic E-state index is 12.4. The number of hydrogen-bond acceptors (Lipinski definition) is 5. The third-order valence-corrected chi connectivity index (χ3v) is 5.38. The number of thiophene rings is 1. The predicted octanol–water partition coefficient (Wildman–Crippen LogP) is 2.91. The molecule has 0 spiro atoms. The molecule has 2 rings (SSSR count). The Bertz CT molecular complexity index is 696. The molecule has 0 saturated carbocycles. The summed E-state index contributed by atoms with van der Waals surface area (Å²) < 4.78 is 1.02. The first-order valence-corrected chi connectivity index (χ1v) is 8.59. The van der Waals surface area contributed by atoms with E-state index in [9.17, 15) is 4.79 Å². The first-order chi connectivity index (χ1) is 10.6. The van der Waals surface area contributed by atoms with E-state index in [1.54, 1.807) is 11.3 Å². The fraction of sp³-hybridized carbons (Fsp3) is 0.375. The number of fused-ring (bicyclic) bond motifs is 1. The molecule has 2 aromatic rings. The van der Waals surface area contributed by atoms with Crippen LogP contribution in [0.15, 0.2) is 6.07 Å². The van der Waals surface area contributed by atoms with Gasteiger partial charge in [-0.3, -0.25) is 4.79 Å². The maximum Gasteiger partial charge on any atom is 0.265 e. The standard InChI is InChI=1S/C16H17N3OS2/c1-5-9-19(10-6-2)15(20)13-11-12-14(21-13)17-16(22-12)18(7-3)8-4/h1-2,11H,7-10H2,3-4H3. The largest absolute Gasteiger partial charge is 0.349 e. The van der Waals surface area contributed by atoms with Crippen LogP contribution in [-0.2, 0) is 0 Å². The number of rotatable bonds is 6. The highest BCUT2D eigenvalue weighted by Crippen LogP contribution is 2.35. The minimum atomic E-state index is -0.129. The van der Waals surface area contributed by atoms with Crippen molar-refractivity contribution < 1.29 is 4.79 Å². The first kappa shape index (κ1) is 16.4. The summed E-state index contributed by atoms with van der Waals surface area (Å²) in [7, 11) is 0. The number of aromatic nitrogens is 1. The Balaban J connectivity index is 2.27. The molecule has 0 bridgehead atoms. The Morgan fingerprint density at radius 2 is 1.86 bits per heavy atom. The van der Waals surface area contributed by atoms with Gasteiger partial charge in [0.25, 0.3) is 5.91 Å². The van der Waals surface area contributed by atoms with Gasteiger partial charge in [0.1, 0.15) is 4.83 Å². The lowest BCUT2D eigenvalue weighted by atomic mass is 10.3. The second-order valence-electron chi connectivity index (χ2n) is 4.52. The summed E-state index contributed by atoms with van der Waals surface area (Å²) in [5.74, 6) is 4.80. The summed E-state index contributed by atoms with van der Waals surface area (Å²) in [5.41, 5.74) is 0. The lowest BCUT2D eigenvalue weighted by molar-refractivity contribution is 0.0801. The molecule has 2 aromatic heterocycles. The second kappa shape index (κ2) is 7.31. The zero-order valence-corrected chi connectivity index (χ0v) is 14.3. The fourth-order valence-electron chi connectivity index (χ4n) is 2.03. The highest BCUT2D eigenvalue weighted by Gasteiger charge is 2.19. The molecule has 0 aliphatic carbocycles. The summed E-state index contributed by atoms with van der Waals surface area (Å²) in [6, 6.07) is 1.88. The lowest BCUT2D eigenvalue weighted by Crippen LogP contribution is -2.31. The van der Waals surface area contributed by atoms with Crippen molar-refractivity contribution in [3.8, 4) is 24.7 Å². The van der Waals surface area contributed by atoms with Crippen LogP contribution >= 0.6 is 22.7 Å². The van der Waals surface area contributed by atoms with E-state index in [1.807, 2.05) is 6.07 Å². The van der Waals surface area contributed by atoms with Crippen molar-refractivity contribution >= 4 is 43.2 Å². The van der Waals surface area contributed by atoms with Gasteiger partial charge in [-0.15, -0.1) is 24.2 Å². The third kappa shape index (κ3) is 3.24. The summed E-state index contributed by atoms with van der Waals surface area (Å²) in [4.78, 5) is 22.3. The molecule has 4 nitrogen and oxygen atoms in total. The van der Waals surface area contributed by atoms with Gasteiger partial charge in [-0.05, 0) is 19.9 Å². The summed E-state index contributed by atoms with van der Waals surface area (Å²) >= 11 is 2.99. The average Bonchev–Trinajstić information content (AvgIpc) is 3.06. The van der Waals surface area contributed by atoms with Gasteiger partial charge in [-0.2, -0.15) is 0 Å². The lowest BCUT2D eigenvalue weighted by Gasteiger charge is -2.16. The highest BCUT2D eigenvalue weighted by molar-refractivity contribution is 7.29. The number of anilines is 1. The van der Waals surface area contributed by atoms with Crippen LogP contribution in [0, 0.1) is 24.7 Å². The molecule has 0 aliphatic heterocycles. The van der Waals surface area contributed by atoms with Crippen molar-refractivity contribution in [3.63, 3.8) is 0 Å². The Hall–Kier alpha value is -2.02. The fourth-order valence-corrected chi connectivity index (χ4v) is 4.34. The number of nitrogens with zero attached hydrogens (tertiary/aromatic N) is 3. The van der Waals surface area contributed by atoms with E-state index in [4.69, 9.17) is 12.8 Å². The summed E-state index contributed by atoms with van der Waals surface area (Å²) in [6.07, 6.45) is 10.6. The smallest absolute Gasteiger partial charge is 0.265 e. The second-order valence-corrected chi connectivity index (χ2v) is 6.56. The molecule has 0 atom stereocenters. The van der Waals surface area contributed by atoms with Crippen molar-refractivity contribution in [2.45, 2.75) is 13.8 Å². The highest BCUT2D eigenvalue weighted by atomic mass is 32.1. The quantitative estimate of drug-likeness (QED) is 0.764. The van der Waals surface area contributed by atoms with Crippen LogP contribution in [0.1, 0.15) is 23.5 Å². The van der Waals surface area contributed by atoms with Crippen LogP contribution in [0.5, 0.6) is 0 Å². The zero-order valence-electron chi connectivity index (χ0n) is 12.6. The van der Waals surface area contributed by atoms with Crippen molar-refractivity contribution in [1.82, 2.24) is 9.88 Å². The van der Waals surface area contributed by atoms with Gasteiger partial charge in [0.05, 0.1) is 22.7 Å². The first-order valence-electron chi connectivity index (χ1n) is 6.96. The molecule has 0 N–H and O–H groups in total. The minimum absolute atomic E-state index is 0.129. The molecule has 0 aromatic carbocycles. The predicted molar refractivity (Wildman–Crippen MR) is 94.6 cm³/mol. The van der Waals surface area contributed by atoms with E-state index in [1.165, 1.54) is 16.2 Å². The summed E-state index contributed by atoms with van der Waals surface area (Å²) in [5, 5.41) is 0.995. The number of carbonyl (C=O) groups is 1. The van der Waals surface area contributed by atoms with Gasteiger partial charge in [-0.1, -0.05) is 23.2 Å².